The summed E-state index contributed by atoms with van der Waals surface area (Å²) in [6, 6.07) is 20.5. The van der Waals surface area contributed by atoms with Gasteiger partial charge in [-0.1, -0.05) is 48.5 Å². The number of hydrogen-bond acceptors (Lipinski definition) is 2. The normalized spacial score (nSPS) is 13.4. The second-order valence-electron chi connectivity index (χ2n) is 4.96. The van der Waals surface area contributed by atoms with Crippen molar-refractivity contribution in [3.8, 4) is 11.5 Å². The van der Waals surface area contributed by atoms with E-state index >= 15 is 0 Å². The predicted molar refractivity (Wildman–Crippen MR) is 79.1 cm³/mol. The summed E-state index contributed by atoms with van der Waals surface area (Å²) in [6.45, 7) is 1.15. The van der Waals surface area contributed by atoms with Gasteiger partial charge in [0, 0.05) is 0 Å². The summed E-state index contributed by atoms with van der Waals surface area (Å²) in [4.78, 5) is 0. The number of rotatable bonds is 0. The van der Waals surface area contributed by atoms with Crippen molar-refractivity contribution in [3.05, 3.63) is 71.8 Å². The summed E-state index contributed by atoms with van der Waals surface area (Å²) >= 11 is 0. The van der Waals surface area contributed by atoms with Crippen LogP contribution in [-0.2, 0) is 13.2 Å². The van der Waals surface area contributed by atoms with E-state index in [2.05, 4.69) is 24.3 Å². The largest absolute Gasteiger partial charge is 0.488 e. The lowest BCUT2D eigenvalue weighted by Crippen LogP contribution is -2.01. The maximum absolute atomic E-state index is 6.03. The Bertz CT molecular complexity index is 715. The van der Waals surface area contributed by atoms with Gasteiger partial charge < -0.3 is 9.47 Å². The van der Waals surface area contributed by atoms with Gasteiger partial charge in [0.15, 0.2) is 0 Å². The molecule has 0 fully saturated rings. The fourth-order valence-electron chi connectivity index (χ4n) is 2.66. The molecule has 0 bridgehead atoms. The van der Waals surface area contributed by atoms with Crippen molar-refractivity contribution in [1.82, 2.24) is 0 Å². The van der Waals surface area contributed by atoms with E-state index in [0.717, 1.165) is 22.3 Å². The molecule has 0 amide bonds. The van der Waals surface area contributed by atoms with E-state index in [1.54, 1.807) is 0 Å². The van der Waals surface area contributed by atoms with Crippen LogP contribution in [0.3, 0.4) is 0 Å². The quantitative estimate of drug-likeness (QED) is 0.601. The van der Waals surface area contributed by atoms with Crippen LogP contribution >= 0.6 is 0 Å². The van der Waals surface area contributed by atoms with Crippen molar-refractivity contribution in [2.24, 2.45) is 0 Å². The highest BCUT2D eigenvalue weighted by Gasteiger charge is 2.13. The summed E-state index contributed by atoms with van der Waals surface area (Å²) in [5, 5.41) is 2.20. The van der Waals surface area contributed by atoms with Crippen molar-refractivity contribution in [2.45, 2.75) is 13.2 Å². The van der Waals surface area contributed by atoms with Crippen molar-refractivity contribution in [1.29, 1.82) is 0 Å². The van der Waals surface area contributed by atoms with Gasteiger partial charge in [-0.15, -0.1) is 0 Å². The first-order chi connectivity index (χ1) is 9.92. The van der Waals surface area contributed by atoms with Crippen LogP contribution in [0.5, 0.6) is 11.5 Å². The molecule has 2 heteroatoms. The van der Waals surface area contributed by atoms with Crippen LogP contribution in [0.2, 0.25) is 0 Å². The Hall–Kier alpha value is -2.48. The second-order valence-corrected chi connectivity index (χ2v) is 4.96. The monoisotopic (exact) mass is 262 g/mol. The Morgan fingerprint density at radius 2 is 1.15 bits per heavy atom. The summed E-state index contributed by atoms with van der Waals surface area (Å²) in [6.07, 6.45) is 0. The summed E-state index contributed by atoms with van der Waals surface area (Å²) < 4.78 is 12.1. The molecular weight excluding hydrogens is 248 g/mol. The average molecular weight is 262 g/mol. The minimum atomic E-state index is 0.576. The lowest BCUT2D eigenvalue weighted by atomic mass is 10.1. The SMILES string of the molecule is c1ccc2c(c1)COc1cccc3cccc(c13)OC2. The highest BCUT2D eigenvalue weighted by molar-refractivity contribution is 5.93. The molecule has 0 saturated heterocycles. The maximum atomic E-state index is 6.03. The van der Waals surface area contributed by atoms with Crippen LogP contribution in [0, 0.1) is 0 Å². The molecule has 0 unspecified atom stereocenters. The molecule has 0 aliphatic carbocycles. The van der Waals surface area contributed by atoms with Crippen molar-refractivity contribution >= 4 is 10.8 Å². The first-order valence-corrected chi connectivity index (χ1v) is 6.76. The lowest BCUT2D eigenvalue weighted by Gasteiger charge is -2.10. The molecule has 4 rings (SSSR count). The number of hydrogen-bond donors (Lipinski definition) is 0. The third kappa shape index (κ3) is 1.81. The molecule has 0 saturated carbocycles. The number of fused-ring (bicyclic) bond motifs is 1. The molecule has 3 aromatic rings. The van der Waals surface area contributed by atoms with Crippen LogP contribution in [0.4, 0.5) is 0 Å². The Morgan fingerprint density at radius 3 is 1.70 bits per heavy atom. The highest BCUT2D eigenvalue weighted by atomic mass is 16.5. The molecular formula is C18H14O2. The highest BCUT2D eigenvalue weighted by Crippen LogP contribution is 2.36. The van der Waals surface area contributed by atoms with Gasteiger partial charge >= 0.3 is 0 Å². The Morgan fingerprint density at radius 1 is 0.600 bits per heavy atom. The summed E-state index contributed by atoms with van der Waals surface area (Å²) in [5.74, 6) is 1.77. The third-order valence-corrected chi connectivity index (χ3v) is 3.71. The zero-order valence-electron chi connectivity index (χ0n) is 11.0. The van der Waals surface area contributed by atoms with E-state index in [1.807, 2.05) is 36.4 Å². The Labute approximate surface area is 117 Å². The van der Waals surface area contributed by atoms with E-state index < -0.39 is 0 Å². The molecule has 1 heterocycles. The van der Waals surface area contributed by atoms with E-state index in [4.69, 9.17) is 9.47 Å². The fraction of sp³-hybridized carbons (Fsp3) is 0.111. The lowest BCUT2D eigenvalue weighted by molar-refractivity contribution is 0.301. The molecule has 3 aromatic carbocycles. The van der Waals surface area contributed by atoms with Gasteiger partial charge in [0.05, 0.1) is 5.39 Å². The number of benzene rings is 3. The van der Waals surface area contributed by atoms with E-state index in [-0.39, 0.29) is 0 Å². The average Bonchev–Trinajstić information content (AvgIpc) is 2.58. The maximum Gasteiger partial charge on any atom is 0.131 e. The molecule has 1 aliphatic rings. The van der Waals surface area contributed by atoms with Crippen molar-refractivity contribution in [3.63, 3.8) is 0 Å². The molecule has 0 N–H and O–H groups in total. The molecule has 0 atom stereocenters. The molecule has 0 radical (unpaired) electrons. The molecule has 0 spiro atoms. The third-order valence-electron chi connectivity index (χ3n) is 3.71. The Kier molecular flexibility index (Phi) is 2.59. The first-order valence-electron chi connectivity index (χ1n) is 6.76. The summed E-state index contributed by atoms with van der Waals surface area (Å²) in [5.41, 5.74) is 2.36. The van der Waals surface area contributed by atoms with Crippen LogP contribution in [0.25, 0.3) is 10.8 Å². The van der Waals surface area contributed by atoms with Crippen LogP contribution in [0.15, 0.2) is 60.7 Å². The minimum Gasteiger partial charge on any atom is -0.488 e. The molecule has 2 nitrogen and oxygen atoms in total. The number of ether oxygens (including phenoxy) is 2. The fourth-order valence-corrected chi connectivity index (χ4v) is 2.66. The molecule has 98 valence electrons. The molecule has 20 heavy (non-hydrogen) atoms. The zero-order valence-corrected chi connectivity index (χ0v) is 11.0. The topological polar surface area (TPSA) is 18.5 Å². The van der Waals surface area contributed by atoms with E-state index in [1.165, 1.54) is 11.1 Å². The van der Waals surface area contributed by atoms with Gasteiger partial charge in [-0.2, -0.15) is 0 Å². The van der Waals surface area contributed by atoms with Crippen molar-refractivity contribution in [2.75, 3.05) is 0 Å². The zero-order chi connectivity index (χ0) is 13.4. The predicted octanol–water partition coefficient (Wildman–Crippen LogP) is 4.31. The van der Waals surface area contributed by atoms with Gasteiger partial charge in [0.25, 0.3) is 0 Å². The van der Waals surface area contributed by atoms with Gasteiger partial charge in [-0.25, -0.2) is 0 Å². The standard InChI is InChI=1S/C18H14O2/c1-2-6-15-12-20-17-10-4-8-13-7-3-9-16(18(13)17)19-11-14(15)5-1/h1-10H,11-12H2. The summed E-state index contributed by atoms with van der Waals surface area (Å²) in [7, 11) is 0. The van der Waals surface area contributed by atoms with Crippen LogP contribution < -0.4 is 9.47 Å². The first kappa shape index (κ1) is 11.4. The van der Waals surface area contributed by atoms with Crippen molar-refractivity contribution < 1.29 is 9.47 Å². The van der Waals surface area contributed by atoms with Crippen LogP contribution in [0.1, 0.15) is 11.1 Å². The van der Waals surface area contributed by atoms with Gasteiger partial charge in [0.2, 0.25) is 0 Å². The molecule has 1 aliphatic heterocycles. The minimum absolute atomic E-state index is 0.576. The van der Waals surface area contributed by atoms with Crippen LogP contribution in [-0.4, -0.2) is 0 Å². The smallest absolute Gasteiger partial charge is 0.131 e. The van der Waals surface area contributed by atoms with Gasteiger partial charge in [-0.05, 0) is 28.6 Å². The van der Waals surface area contributed by atoms with E-state index in [9.17, 15) is 0 Å². The molecule has 0 aromatic heterocycles. The van der Waals surface area contributed by atoms with E-state index in [0.29, 0.717) is 13.2 Å². The second kappa shape index (κ2) is 4.57. The van der Waals surface area contributed by atoms with Gasteiger partial charge in [0.1, 0.15) is 24.7 Å². The van der Waals surface area contributed by atoms with Gasteiger partial charge in [-0.3, -0.25) is 0 Å². The Balaban J connectivity index is 1.91.